The maximum Gasteiger partial charge on any atom is 0.274 e. The molecule has 5 N–H and O–H groups in total. The van der Waals surface area contributed by atoms with Crippen molar-refractivity contribution in [1.29, 1.82) is 0 Å². The number of hydrogen-bond acceptors (Lipinski definition) is 6. The van der Waals surface area contributed by atoms with Gasteiger partial charge >= 0.3 is 0 Å². The summed E-state index contributed by atoms with van der Waals surface area (Å²) in [5.41, 5.74) is 1.74. The van der Waals surface area contributed by atoms with Gasteiger partial charge in [0.1, 0.15) is 23.5 Å². The third kappa shape index (κ3) is 8.54. The van der Waals surface area contributed by atoms with Gasteiger partial charge < -0.3 is 26.0 Å². The van der Waals surface area contributed by atoms with Crippen LogP contribution < -0.4 is 10.6 Å². The largest absolute Gasteiger partial charge is 0.505 e. The molecule has 0 aliphatic heterocycles. The highest BCUT2D eigenvalue weighted by molar-refractivity contribution is 5.95. The lowest BCUT2D eigenvalue weighted by Crippen LogP contribution is -2.49. The van der Waals surface area contributed by atoms with Crippen LogP contribution in [0.15, 0.2) is 54.6 Å². The first kappa shape index (κ1) is 30.1. The number of aliphatic hydroxyl groups excluding tert-OH is 2. The van der Waals surface area contributed by atoms with E-state index in [4.69, 9.17) is 0 Å². The highest BCUT2D eigenvalue weighted by Crippen LogP contribution is 2.32. The number of aliphatic hydroxyl groups is 2. The van der Waals surface area contributed by atoms with Gasteiger partial charge in [0.25, 0.3) is 5.91 Å². The molecule has 1 aromatic heterocycles. The molecule has 2 aromatic carbocycles. The van der Waals surface area contributed by atoms with Crippen LogP contribution in [-0.2, 0) is 19.4 Å². The minimum Gasteiger partial charge on any atom is -0.505 e. The lowest BCUT2D eigenvalue weighted by Gasteiger charge is -2.26. The minimum absolute atomic E-state index is 0.0707. The van der Waals surface area contributed by atoms with E-state index < -0.39 is 47.0 Å². The number of amides is 1. The van der Waals surface area contributed by atoms with E-state index in [2.05, 4.69) is 28.6 Å². The first-order valence-electron chi connectivity index (χ1n) is 13.0. The molecule has 210 valence electrons. The van der Waals surface area contributed by atoms with Gasteiger partial charge in [-0.1, -0.05) is 52.0 Å². The quantitative estimate of drug-likeness (QED) is 0.249. The summed E-state index contributed by atoms with van der Waals surface area (Å²) in [4.78, 5) is 17.4. The van der Waals surface area contributed by atoms with E-state index in [-0.39, 0.29) is 29.9 Å². The highest BCUT2D eigenvalue weighted by atomic mass is 19.1. The first-order valence-corrected chi connectivity index (χ1v) is 13.0. The standard InChI is InChI=1S/C30H37F2N3O4/c1-5-18-7-6-8-19(11-18)16-33-17-26(37)24(14-20-12-21(31)15-22(32)13-20)35-29(39)27-25(36)10-9-23(34-27)28(38)30(2,3)4/h6-13,15,24,26,28,33,36-38H,5,14,16-17H2,1-4H3,(H,35,39). The van der Waals surface area contributed by atoms with Crippen LogP contribution in [0.25, 0.3) is 0 Å². The smallest absolute Gasteiger partial charge is 0.274 e. The van der Waals surface area contributed by atoms with Crippen molar-refractivity contribution in [2.45, 2.75) is 65.3 Å². The molecular weight excluding hydrogens is 504 g/mol. The van der Waals surface area contributed by atoms with Gasteiger partial charge in [-0.05, 0) is 59.2 Å². The predicted molar refractivity (Wildman–Crippen MR) is 145 cm³/mol. The van der Waals surface area contributed by atoms with Crippen LogP contribution >= 0.6 is 0 Å². The molecule has 3 rings (SSSR count). The molecule has 0 saturated carbocycles. The molecule has 0 aliphatic carbocycles. The second-order valence-corrected chi connectivity index (χ2v) is 10.8. The number of carbonyl (C=O) groups excluding carboxylic acids is 1. The van der Waals surface area contributed by atoms with Gasteiger partial charge in [0, 0.05) is 19.2 Å². The number of aryl methyl sites for hydroxylation is 1. The van der Waals surface area contributed by atoms with E-state index in [1.54, 1.807) is 0 Å². The van der Waals surface area contributed by atoms with E-state index in [1.165, 1.54) is 17.7 Å². The van der Waals surface area contributed by atoms with Crippen molar-refractivity contribution in [1.82, 2.24) is 15.6 Å². The zero-order chi connectivity index (χ0) is 28.7. The summed E-state index contributed by atoms with van der Waals surface area (Å²) in [6, 6.07) is 12.7. The molecule has 0 spiro atoms. The Hall–Kier alpha value is -3.40. The maximum absolute atomic E-state index is 13.9. The van der Waals surface area contributed by atoms with Crippen molar-refractivity contribution in [2.24, 2.45) is 5.41 Å². The van der Waals surface area contributed by atoms with Gasteiger partial charge in [0.2, 0.25) is 0 Å². The number of benzene rings is 2. The lowest BCUT2D eigenvalue weighted by molar-refractivity contribution is 0.0583. The molecule has 0 bridgehead atoms. The number of halogens is 2. The molecule has 0 saturated heterocycles. The van der Waals surface area contributed by atoms with Gasteiger partial charge in [-0.15, -0.1) is 0 Å². The van der Waals surface area contributed by atoms with Gasteiger partial charge in [-0.3, -0.25) is 4.79 Å². The average molecular weight is 542 g/mol. The summed E-state index contributed by atoms with van der Waals surface area (Å²) in [6.45, 7) is 8.02. The summed E-state index contributed by atoms with van der Waals surface area (Å²) >= 11 is 0. The number of nitrogens with zero attached hydrogens (tertiary/aromatic N) is 1. The third-order valence-corrected chi connectivity index (χ3v) is 6.45. The lowest BCUT2D eigenvalue weighted by atomic mass is 9.87. The number of carbonyl (C=O) groups is 1. The van der Waals surface area contributed by atoms with Crippen molar-refractivity contribution in [3.05, 3.63) is 94.3 Å². The van der Waals surface area contributed by atoms with Crippen LogP contribution in [0.1, 0.15) is 66.7 Å². The summed E-state index contributed by atoms with van der Waals surface area (Å²) in [5, 5.41) is 37.8. The number of pyridine rings is 1. The van der Waals surface area contributed by atoms with E-state index in [1.807, 2.05) is 39.0 Å². The van der Waals surface area contributed by atoms with E-state index in [9.17, 15) is 28.9 Å². The zero-order valence-corrected chi connectivity index (χ0v) is 22.7. The Balaban J connectivity index is 1.80. The SMILES string of the molecule is CCc1cccc(CNCC(O)C(Cc2cc(F)cc(F)c2)NC(=O)c2nc(C(O)C(C)(C)C)ccc2O)c1. The normalized spacial score (nSPS) is 14.1. The summed E-state index contributed by atoms with van der Waals surface area (Å²) in [7, 11) is 0. The Bertz CT molecular complexity index is 1260. The number of nitrogens with one attached hydrogen (secondary N) is 2. The van der Waals surface area contributed by atoms with Crippen LogP contribution in [0.4, 0.5) is 8.78 Å². The maximum atomic E-state index is 13.9. The zero-order valence-electron chi connectivity index (χ0n) is 22.7. The number of hydrogen-bond donors (Lipinski definition) is 5. The predicted octanol–water partition coefficient (Wildman–Crippen LogP) is 4.20. The Labute approximate surface area is 227 Å². The van der Waals surface area contributed by atoms with Crippen LogP contribution in [0.2, 0.25) is 0 Å². The molecule has 1 amide bonds. The molecular formula is C30H37F2N3O4. The van der Waals surface area contributed by atoms with Crippen LogP contribution in [0, 0.1) is 17.0 Å². The van der Waals surface area contributed by atoms with Crippen molar-refractivity contribution in [3.8, 4) is 5.75 Å². The Morgan fingerprint density at radius 3 is 2.28 bits per heavy atom. The molecule has 0 aliphatic rings. The summed E-state index contributed by atoms with van der Waals surface area (Å²) < 4.78 is 27.7. The molecule has 0 radical (unpaired) electrons. The van der Waals surface area contributed by atoms with Gasteiger partial charge in [0.05, 0.1) is 17.8 Å². The molecule has 3 unspecified atom stereocenters. The summed E-state index contributed by atoms with van der Waals surface area (Å²) in [5.74, 6) is -2.76. The monoisotopic (exact) mass is 541 g/mol. The molecule has 39 heavy (non-hydrogen) atoms. The van der Waals surface area contributed by atoms with Crippen LogP contribution in [0.5, 0.6) is 5.75 Å². The number of rotatable bonds is 11. The van der Waals surface area contributed by atoms with Crippen molar-refractivity contribution >= 4 is 5.91 Å². The fraction of sp³-hybridized carbons (Fsp3) is 0.400. The van der Waals surface area contributed by atoms with Gasteiger partial charge in [0.15, 0.2) is 5.69 Å². The molecule has 3 atom stereocenters. The number of aromatic nitrogens is 1. The van der Waals surface area contributed by atoms with E-state index in [0.717, 1.165) is 30.2 Å². The van der Waals surface area contributed by atoms with Gasteiger partial charge in [-0.25, -0.2) is 13.8 Å². The van der Waals surface area contributed by atoms with Crippen LogP contribution in [-0.4, -0.2) is 44.9 Å². The first-order chi connectivity index (χ1) is 18.4. The van der Waals surface area contributed by atoms with Crippen molar-refractivity contribution < 1.29 is 28.9 Å². The molecule has 0 fully saturated rings. The van der Waals surface area contributed by atoms with Crippen molar-refractivity contribution in [3.63, 3.8) is 0 Å². The topological polar surface area (TPSA) is 115 Å². The highest BCUT2D eigenvalue weighted by Gasteiger charge is 2.28. The van der Waals surface area contributed by atoms with Crippen molar-refractivity contribution in [2.75, 3.05) is 6.54 Å². The van der Waals surface area contributed by atoms with Gasteiger partial charge in [-0.2, -0.15) is 0 Å². The summed E-state index contributed by atoms with van der Waals surface area (Å²) in [6.07, 6.45) is -1.35. The molecule has 7 nitrogen and oxygen atoms in total. The third-order valence-electron chi connectivity index (χ3n) is 6.45. The Morgan fingerprint density at radius 2 is 1.64 bits per heavy atom. The fourth-order valence-electron chi connectivity index (χ4n) is 4.20. The second-order valence-electron chi connectivity index (χ2n) is 10.8. The second kappa shape index (κ2) is 13.1. The minimum atomic E-state index is -1.15. The average Bonchev–Trinajstić information content (AvgIpc) is 2.87. The van der Waals surface area contributed by atoms with E-state index in [0.29, 0.717) is 6.54 Å². The molecule has 1 heterocycles. The molecule has 9 heteroatoms. The Morgan fingerprint density at radius 1 is 0.974 bits per heavy atom. The van der Waals surface area contributed by atoms with E-state index >= 15 is 0 Å². The molecule has 3 aromatic rings. The fourth-order valence-corrected chi connectivity index (χ4v) is 4.20. The van der Waals surface area contributed by atoms with Crippen LogP contribution in [0.3, 0.4) is 0 Å². The Kier molecular flexibility index (Phi) is 10.1. The number of aromatic hydroxyl groups is 1.